The van der Waals surface area contributed by atoms with Gasteiger partial charge in [0.25, 0.3) is 6.33 Å². The summed E-state index contributed by atoms with van der Waals surface area (Å²) in [5, 5.41) is 27.5. The number of halogens is 3. The number of anilines is 1. The summed E-state index contributed by atoms with van der Waals surface area (Å²) in [6, 6.07) is 8.49. The van der Waals surface area contributed by atoms with Crippen molar-refractivity contribution in [2.24, 2.45) is 0 Å². The van der Waals surface area contributed by atoms with Gasteiger partial charge in [-0.05, 0) is 60.5 Å². The highest BCUT2D eigenvalue weighted by Crippen LogP contribution is 2.35. The van der Waals surface area contributed by atoms with E-state index in [4.69, 9.17) is 14.2 Å². The van der Waals surface area contributed by atoms with Gasteiger partial charge in [0.1, 0.15) is 36.7 Å². The number of aliphatic hydroxyl groups is 1. The molecule has 4 aromatic rings. The predicted octanol–water partition coefficient (Wildman–Crippen LogP) is -1.06. The highest BCUT2D eigenvalue weighted by Gasteiger charge is 2.47. The number of tetrazole rings is 1. The molecule has 2 amide bonds. The quantitative estimate of drug-likeness (QED) is 0.154. The van der Waals surface area contributed by atoms with Crippen molar-refractivity contribution in [2.75, 3.05) is 31.2 Å². The van der Waals surface area contributed by atoms with Gasteiger partial charge in [-0.3, -0.25) is 4.90 Å². The van der Waals surface area contributed by atoms with E-state index in [1.807, 2.05) is 0 Å². The molecule has 1 N–H and O–H groups in total. The molecule has 4 heterocycles. The van der Waals surface area contributed by atoms with E-state index in [2.05, 4.69) is 20.6 Å². The number of rotatable bonds is 11. The van der Waals surface area contributed by atoms with Crippen LogP contribution in [0, 0.1) is 11.6 Å². The van der Waals surface area contributed by atoms with Gasteiger partial charge >= 0.3 is 12.2 Å². The van der Waals surface area contributed by atoms with E-state index < -0.39 is 35.5 Å². The van der Waals surface area contributed by atoms with Gasteiger partial charge in [-0.1, -0.05) is 6.07 Å². The number of aromatic nitrogens is 7. The Kier molecular flexibility index (Phi) is 10.3. The lowest BCUT2D eigenvalue weighted by molar-refractivity contribution is -0.728. The number of ether oxygens (including phenoxy) is 3. The molecule has 6 rings (SSSR count). The lowest BCUT2D eigenvalue weighted by Gasteiger charge is -2.38. The van der Waals surface area contributed by atoms with Crippen molar-refractivity contribution in [2.45, 2.75) is 50.8 Å². The molecule has 18 heteroatoms. The van der Waals surface area contributed by atoms with Gasteiger partial charge < -0.3 is 36.6 Å². The lowest BCUT2D eigenvalue weighted by Crippen LogP contribution is -3.00. The number of benzene rings is 2. The lowest BCUT2D eigenvalue weighted by atomic mass is 9.85. The first-order valence-electron chi connectivity index (χ1n) is 14.6. The van der Waals surface area contributed by atoms with Gasteiger partial charge in [0.2, 0.25) is 13.1 Å². The van der Waals surface area contributed by atoms with Crippen LogP contribution in [0.4, 0.5) is 24.1 Å². The summed E-state index contributed by atoms with van der Waals surface area (Å²) in [5.41, 5.74) is -0.965. The van der Waals surface area contributed by atoms with Gasteiger partial charge in [-0.2, -0.15) is 0 Å². The maximum Gasteiger partial charge on any atom is 0.511 e. The van der Waals surface area contributed by atoms with Gasteiger partial charge in [-0.25, -0.2) is 27.6 Å². The zero-order valence-electron chi connectivity index (χ0n) is 25.2. The molecule has 0 saturated carbocycles. The third-order valence-electron chi connectivity index (χ3n) is 8.15. The molecule has 0 aliphatic carbocycles. The summed E-state index contributed by atoms with van der Waals surface area (Å²) in [6.07, 6.45) is 4.93. The number of carbonyl (C=O) groups excluding carboxylic acids is 2. The first kappa shape index (κ1) is 33.6. The minimum absolute atomic E-state index is 0. The van der Waals surface area contributed by atoms with Crippen LogP contribution >= 0.6 is 0 Å². The van der Waals surface area contributed by atoms with Crippen LogP contribution < -0.4 is 21.9 Å². The highest BCUT2D eigenvalue weighted by molar-refractivity contribution is 5.94. The minimum atomic E-state index is -2.06. The second kappa shape index (κ2) is 14.4. The monoisotopic (exact) mass is 675 g/mol. The summed E-state index contributed by atoms with van der Waals surface area (Å²) in [7, 11) is 0. The van der Waals surface area contributed by atoms with Gasteiger partial charge in [0.15, 0.2) is 0 Å². The van der Waals surface area contributed by atoms with Crippen molar-refractivity contribution in [1.29, 1.82) is 0 Å². The van der Waals surface area contributed by atoms with Crippen molar-refractivity contribution in [3.63, 3.8) is 0 Å². The molecule has 0 radical (unpaired) electrons. The maximum atomic E-state index is 15.2. The largest absolute Gasteiger partial charge is 1.00 e. The standard InChI is InChI=1S/C29H32F2N9O6.ClH/c1-20(38-10-11-39(27(38)41)22-5-7-23(8-6-22)40-16-32-34-35-40)29(43,25-9-4-21(30)13-26(25)31)15-37-18-36(17-33-37)19-46-28(42)45-14-24-3-2-12-44-24;/h4-9,13,16-18,20,24,43H,2-3,10-12,14-15,19H2,1H3;1H/q+1;/p-1/t20-,24?,29-;/m1./s1. The van der Waals surface area contributed by atoms with E-state index >= 15 is 4.39 Å². The fraction of sp³-hybridized carbons (Fsp3) is 0.414. The van der Waals surface area contributed by atoms with Gasteiger partial charge in [-0.15, -0.1) is 9.78 Å². The van der Waals surface area contributed by atoms with Gasteiger partial charge in [0, 0.05) is 42.1 Å². The fourth-order valence-corrected chi connectivity index (χ4v) is 5.62. The number of amides is 2. The summed E-state index contributed by atoms with van der Waals surface area (Å²) < 4.78 is 49.0. The van der Waals surface area contributed by atoms with E-state index in [-0.39, 0.29) is 50.5 Å². The topological polar surface area (TPSA) is 154 Å². The first-order chi connectivity index (χ1) is 22.2. The third kappa shape index (κ3) is 7.31. The molecular weight excluding hydrogens is 644 g/mol. The second-order valence-electron chi connectivity index (χ2n) is 11.1. The van der Waals surface area contributed by atoms with Crippen LogP contribution in [0.3, 0.4) is 0 Å². The normalized spacial score (nSPS) is 18.1. The molecule has 3 atom stereocenters. The Hall–Kier alpha value is -4.74. The third-order valence-corrected chi connectivity index (χ3v) is 8.15. The Labute approximate surface area is 273 Å². The van der Waals surface area contributed by atoms with E-state index in [1.165, 1.54) is 37.8 Å². The Morgan fingerprint density at radius 1 is 1.17 bits per heavy atom. The first-order valence-corrected chi connectivity index (χ1v) is 14.6. The van der Waals surface area contributed by atoms with Crippen molar-refractivity contribution in [3.05, 3.63) is 78.6 Å². The molecule has 0 bridgehead atoms. The predicted molar refractivity (Wildman–Crippen MR) is 152 cm³/mol. The minimum Gasteiger partial charge on any atom is -1.00 e. The van der Waals surface area contributed by atoms with Crippen molar-refractivity contribution in [3.8, 4) is 5.69 Å². The number of hydrogen-bond donors (Lipinski definition) is 1. The molecular formula is C29H32ClF2N9O6. The summed E-state index contributed by atoms with van der Waals surface area (Å²) >= 11 is 0. The molecule has 2 aromatic heterocycles. The van der Waals surface area contributed by atoms with Crippen molar-refractivity contribution >= 4 is 17.9 Å². The zero-order chi connectivity index (χ0) is 32.3. The average molecular weight is 676 g/mol. The van der Waals surface area contributed by atoms with E-state index in [0.29, 0.717) is 30.6 Å². The second-order valence-corrected chi connectivity index (χ2v) is 11.1. The Bertz CT molecular complexity index is 1670. The Morgan fingerprint density at radius 3 is 2.66 bits per heavy atom. The summed E-state index contributed by atoms with van der Waals surface area (Å²) in [4.78, 5) is 28.7. The molecule has 250 valence electrons. The van der Waals surface area contributed by atoms with Crippen LogP contribution in [-0.4, -0.2) is 90.6 Å². The van der Waals surface area contributed by atoms with Crippen LogP contribution in [0.5, 0.6) is 0 Å². The number of urea groups is 1. The van der Waals surface area contributed by atoms with Crippen molar-refractivity contribution < 1.29 is 54.7 Å². The molecule has 2 saturated heterocycles. The van der Waals surface area contributed by atoms with Crippen molar-refractivity contribution in [1.82, 2.24) is 34.9 Å². The number of hydrogen-bond acceptors (Lipinski definition) is 10. The van der Waals surface area contributed by atoms with Crippen LogP contribution in [0.1, 0.15) is 25.3 Å². The molecule has 2 aromatic carbocycles. The van der Waals surface area contributed by atoms with E-state index in [1.54, 1.807) is 36.1 Å². The fourth-order valence-electron chi connectivity index (χ4n) is 5.62. The maximum absolute atomic E-state index is 15.2. The molecule has 2 aliphatic rings. The summed E-state index contributed by atoms with van der Waals surface area (Å²) in [6.45, 7) is 2.28. The smallest absolute Gasteiger partial charge is 0.511 e. The average Bonchev–Trinajstić information content (AvgIpc) is 3.87. The highest BCUT2D eigenvalue weighted by atomic mass is 35.5. The Morgan fingerprint density at radius 2 is 1.96 bits per heavy atom. The molecule has 47 heavy (non-hydrogen) atoms. The molecule has 2 aliphatic heterocycles. The molecule has 0 spiro atoms. The SMILES string of the molecule is C[C@@H](N1CCN(c2ccc(-n3cnnn3)cc2)C1=O)[C@](O)(Cn1c[n+](COC(=O)OCC2CCCO2)cn1)c1ccc(F)cc1F.[Cl-]. The van der Waals surface area contributed by atoms with E-state index in [0.717, 1.165) is 25.0 Å². The van der Waals surface area contributed by atoms with Crippen LogP contribution in [0.25, 0.3) is 5.69 Å². The van der Waals surface area contributed by atoms with Crippen LogP contribution in [0.15, 0.2) is 61.4 Å². The number of nitrogens with zero attached hydrogens (tertiary/aromatic N) is 9. The molecule has 15 nitrogen and oxygen atoms in total. The summed E-state index contributed by atoms with van der Waals surface area (Å²) in [5.74, 6) is -1.79. The number of carbonyl (C=O) groups is 2. The van der Waals surface area contributed by atoms with Gasteiger partial charge in [0.05, 0.1) is 17.8 Å². The van der Waals surface area contributed by atoms with E-state index in [9.17, 15) is 19.1 Å². The molecule has 1 unspecified atom stereocenters. The Balaban J connectivity index is 0.00000433. The van der Waals surface area contributed by atoms with Crippen LogP contribution in [-0.2, 0) is 33.1 Å². The van der Waals surface area contributed by atoms with Crippen LogP contribution in [0.2, 0.25) is 0 Å². The zero-order valence-corrected chi connectivity index (χ0v) is 26.0. The molecule has 2 fully saturated rings.